The van der Waals surface area contributed by atoms with E-state index in [-0.39, 0.29) is 35.6 Å². The van der Waals surface area contributed by atoms with Crippen molar-refractivity contribution in [2.24, 2.45) is 11.8 Å². The first-order valence-electron chi connectivity index (χ1n) is 9.66. The number of ether oxygens (including phenoxy) is 2. The summed E-state index contributed by atoms with van der Waals surface area (Å²) in [5.41, 5.74) is 0.644. The van der Waals surface area contributed by atoms with Crippen molar-refractivity contribution in [1.82, 2.24) is 4.98 Å². The standard InChI is InChI=1S/C21H20ClNO4S/c1-2-14-19(23-15(28-14)9-26-11-5-3-10(22)4-6-11)18-20(24)16-12-7-8-13(27-12)17(16)21(18)25/h3-6,12-13,16-18H,2,7-9H2,1H3/t12-,13+,16+,17-,18?. The summed E-state index contributed by atoms with van der Waals surface area (Å²) in [5, 5.41) is 1.43. The van der Waals surface area contributed by atoms with Gasteiger partial charge in [0.05, 0.1) is 29.7 Å². The van der Waals surface area contributed by atoms with Crippen molar-refractivity contribution in [3.05, 3.63) is 44.9 Å². The average molecular weight is 418 g/mol. The molecule has 7 heteroatoms. The molecule has 3 heterocycles. The fourth-order valence-corrected chi connectivity index (χ4v) is 5.91. The zero-order valence-corrected chi connectivity index (χ0v) is 17.0. The van der Waals surface area contributed by atoms with Crippen molar-refractivity contribution < 1.29 is 19.1 Å². The molecule has 1 aromatic heterocycles. The molecule has 1 aliphatic carbocycles. The van der Waals surface area contributed by atoms with Crippen LogP contribution in [0.5, 0.6) is 5.75 Å². The Morgan fingerprint density at radius 2 is 1.79 bits per heavy atom. The highest BCUT2D eigenvalue weighted by molar-refractivity contribution is 7.11. The van der Waals surface area contributed by atoms with Crippen LogP contribution in [0.1, 0.15) is 41.3 Å². The number of halogens is 1. The molecular formula is C21H20ClNO4S. The number of carbonyl (C=O) groups is 2. The Bertz CT molecular complexity index is 912. The van der Waals surface area contributed by atoms with Gasteiger partial charge in [0.1, 0.15) is 23.3 Å². The Labute approximate surface area is 172 Å². The maximum Gasteiger partial charge on any atom is 0.155 e. The molecule has 1 saturated carbocycles. The number of carbonyl (C=O) groups excluding carboxylic acids is 2. The summed E-state index contributed by atoms with van der Waals surface area (Å²) in [6.45, 7) is 2.33. The lowest BCUT2D eigenvalue weighted by Gasteiger charge is -2.16. The van der Waals surface area contributed by atoms with E-state index in [1.54, 1.807) is 24.3 Å². The van der Waals surface area contributed by atoms with E-state index in [2.05, 4.69) is 4.98 Å². The first kappa shape index (κ1) is 18.3. The van der Waals surface area contributed by atoms with Gasteiger partial charge in [0.15, 0.2) is 11.6 Å². The van der Waals surface area contributed by atoms with Gasteiger partial charge >= 0.3 is 0 Å². The topological polar surface area (TPSA) is 65.5 Å². The molecule has 146 valence electrons. The van der Waals surface area contributed by atoms with Crippen LogP contribution in [0.3, 0.4) is 0 Å². The van der Waals surface area contributed by atoms with E-state index in [1.165, 1.54) is 11.3 Å². The van der Waals surface area contributed by atoms with E-state index in [0.717, 1.165) is 29.1 Å². The van der Waals surface area contributed by atoms with Crippen molar-refractivity contribution in [2.75, 3.05) is 0 Å². The second kappa shape index (κ2) is 6.94. The van der Waals surface area contributed by atoms with E-state index in [9.17, 15) is 9.59 Å². The van der Waals surface area contributed by atoms with Gasteiger partial charge in [-0.25, -0.2) is 4.98 Å². The lowest BCUT2D eigenvalue weighted by atomic mass is 9.81. The normalized spacial score (nSPS) is 30.9. The highest BCUT2D eigenvalue weighted by Crippen LogP contribution is 2.52. The van der Waals surface area contributed by atoms with Crippen LogP contribution in [-0.2, 0) is 27.4 Å². The number of nitrogens with zero attached hydrogens (tertiary/aromatic N) is 1. The second-order valence-corrected chi connectivity index (χ2v) is 9.20. The number of Topliss-reactive ketones (excluding diaryl/α,β-unsaturated/α-hetero) is 2. The first-order valence-corrected chi connectivity index (χ1v) is 10.9. The van der Waals surface area contributed by atoms with Crippen molar-refractivity contribution in [2.45, 2.75) is 50.9 Å². The molecule has 5 atom stereocenters. The third-order valence-corrected chi connectivity index (χ3v) is 7.48. The Morgan fingerprint density at radius 1 is 1.14 bits per heavy atom. The fraction of sp³-hybridized carbons (Fsp3) is 0.476. The van der Waals surface area contributed by atoms with Crippen LogP contribution < -0.4 is 4.74 Å². The van der Waals surface area contributed by atoms with Crippen LogP contribution >= 0.6 is 22.9 Å². The monoisotopic (exact) mass is 417 g/mol. The number of benzene rings is 1. The molecule has 2 saturated heterocycles. The van der Waals surface area contributed by atoms with Crippen LogP contribution in [0.25, 0.3) is 0 Å². The number of aryl methyl sites for hydroxylation is 1. The highest BCUT2D eigenvalue weighted by atomic mass is 35.5. The van der Waals surface area contributed by atoms with Gasteiger partial charge in [-0.3, -0.25) is 9.59 Å². The van der Waals surface area contributed by atoms with Gasteiger partial charge in [0.25, 0.3) is 0 Å². The molecule has 0 amide bonds. The molecule has 2 bridgehead atoms. The lowest BCUT2D eigenvalue weighted by Crippen LogP contribution is -2.29. The zero-order chi connectivity index (χ0) is 19.4. The SMILES string of the molecule is CCc1sc(COc2ccc(Cl)cc2)nc1C1C(=O)[C@@H]2[C@H](C1=O)[C@@H]1CC[C@H]2O1. The molecule has 28 heavy (non-hydrogen) atoms. The number of hydrogen-bond acceptors (Lipinski definition) is 6. The fourth-order valence-electron chi connectivity index (χ4n) is 4.83. The van der Waals surface area contributed by atoms with E-state index >= 15 is 0 Å². The molecule has 2 aliphatic heterocycles. The van der Waals surface area contributed by atoms with Gasteiger partial charge in [-0.05, 0) is 43.5 Å². The molecule has 0 spiro atoms. The number of rotatable bonds is 5. The van der Waals surface area contributed by atoms with Gasteiger partial charge in [0.2, 0.25) is 0 Å². The van der Waals surface area contributed by atoms with Gasteiger partial charge in [-0.1, -0.05) is 18.5 Å². The third-order valence-electron chi connectivity index (χ3n) is 6.04. The van der Waals surface area contributed by atoms with Crippen LogP contribution in [0.4, 0.5) is 0 Å². The van der Waals surface area contributed by atoms with Crippen LogP contribution in [0, 0.1) is 11.8 Å². The summed E-state index contributed by atoms with van der Waals surface area (Å²) in [5.74, 6) is -0.541. The summed E-state index contributed by atoms with van der Waals surface area (Å²) in [4.78, 5) is 31.9. The quantitative estimate of drug-likeness (QED) is 0.689. The zero-order valence-electron chi connectivity index (χ0n) is 15.4. The number of hydrogen-bond donors (Lipinski definition) is 0. The van der Waals surface area contributed by atoms with Crippen LogP contribution in [0.2, 0.25) is 5.02 Å². The Hall–Kier alpha value is -1.76. The predicted octanol–water partition coefficient (Wildman–Crippen LogP) is 3.97. The summed E-state index contributed by atoms with van der Waals surface area (Å²) < 4.78 is 11.6. The third kappa shape index (κ3) is 2.81. The maximum absolute atomic E-state index is 13.1. The predicted molar refractivity (Wildman–Crippen MR) is 105 cm³/mol. The van der Waals surface area contributed by atoms with E-state index in [4.69, 9.17) is 21.1 Å². The molecule has 1 aromatic carbocycles. The van der Waals surface area contributed by atoms with Gasteiger partial charge in [-0.15, -0.1) is 11.3 Å². The Morgan fingerprint density at radius 3 is 2.39 bits per heavy atom. The molecule has 2 aromatic rings. The molecule has 0 N–H and O–H groups in total. The smallest absolute Gasteiger partial charge is 0.155 e. The molecule has 3 fully saturated rings. The average Bonchev–Trinajstić information content (AvgIpc) is 3.45. The highest BCUT2D eigenvalue weighted by Gasteiger charge is 2.63. The summed E-state index contributed by atoms with van der Waals surface area (Å²) in [7, 11) is 0. The summed E-state index contributed by atoms with van der Waals surface area (Å²) in [6.07, 6.45) is 2.36. The van der Waals surface area contributed by atoms with Crippen molar-refractivity contribution in [1.29, 1.82) is 0 Å². The minimum atomic E-state index is -0.725. The van der Waals surface area contributed by atoms with Gasteiger partial charge in [0, 0.05) is 9.90 Å². The van der Waals surface area contributed by atoms with E-state index < -0.39 is 5.92 Å². The van der Waals surface area contributed by atoms with Gasteiger partial charge in [-0.2, -0.15) is 0 Å². The summed E-state index contributed by atoms with van der Waals surface area (Å²) in [6, 6.07) is 7.15. The maximum atomic E-state index is 13.1. The van der Waals surface area contributed by atoms with E-state index in [1.807, 2.05) is 6.92 Å². The number of ketones is 2. The van der Waals surface area contributed by atoms with E-state index in [0.29, 0.717) is 23.1 Å². The largest absolute Gasteiger partial charge is 0.486 e. The number of fused-ring (bicyclic) bond motifs is 5. The van der Waals surface area contributed by atoms with Crippen molar-refractivity contribution in [3.8, 4) is 5.75 Å². The van der Waals surface area contributed by atoms with Crippen LogP contribution in [-0.4, -0.2) is 28.8 Å². The molecular weight excluding hydrogens is 398 g/mol. The summed E-state index contributed by atoms with van der Waals surface area (Å²) >= 11 is 7.42. The Kier molecular flexibility index (Phi) is 4.53. The molecule has 0 radical (unpaired) electrons. The molecule has 3 aliphatic rings. The first-order chi connectivity index (χ1) is 13.6. The minimum Gasteiger partial charge on any atom is -0.486 e. The number of aromatic nitrogens is 1. The molecule has 1 unspecified atom stereocenters. The van der Waals surface area contributed by atoms with Crippen molar-refractivity contribution >= 4 is 34.5 Å². The van der Waals surface area contributed by atoms with Gasteiger partial charge < -0.3 is 9.47 Å². The van der Waals surface area contributed by atoms with Crippen molar-refractivity contribution in [3.63, 3.8) is 0 Å². The molecule has 5 nitrogen and oxygen atoms in total. The minimum absolute atomic E-state index is 0.00682. The molecule has 5 rings (SSSR count). The number of thiazole rings is 1. The van der Waals surface area contributed by atoms with Crippen LogP contribution in [0.15, 0.2) is 24.3 Å². The Balaban J connectivity index is 1.39. The lowest BCUT2D eigenvalue weighted by molar-refractivity contribution is -0.127. The second-order valence-electron chi connectivity index (χ2n) is 7.59.